The van der Waals surface area contributed by atoms with E-state index >= 15 is 0 Å². The lowest BCUT2D eigenvalue weighted by molar-refractivity contribution is 0.0671. The third-order valence-corrected chi connectivity index (χ3v) is 4.90. The Kier molecular flexibility index (Phi) is 5.31. The Hall–Kier alpha value is -2.75. The molecule has 0 spiro atoms. The number of carbonyl (C=O) groups is 1. The van der Waals surface area contributed by atoms with Crippen molar-refractivity contribution < 1.29 is 4.79 Å². The maximum atomic E-state index is 13.2. The average Bonchev–Trinajstić information content (AvgIpc) is 2.66. The highest BCUT2D eigenvalue weighted by atomic mass is 16.2. The standard InChI is InChI=1S/C22H25N3O/c1-5-15(2)25(14-18-9-7-6-8-10-18)22(26)19-11-12-20-21(13-19)24-17(4)16(3)23-20/h6-13,15H,5,14H2,1-4H3. The minimum absolute atomic E-state index is 0.0325. The number of aryl methyl sites for hydroxylation is 2. The van der Waals surface area contributed by atoms with Crippen LogP contribution in [0.2, 0.25) is 0 Å². The van der Waals surface area contributed by atoms with Crippen LogP contribution in [0.25, 0.3) is 11.0 Å². The number of benzene rings is 2. The van der Waals surface area contributed by atoms with Gasteiger partial charge >= 0.3 is 0 Å². The van der Waals surface area contributed by atoms with Crippen LogP contribution >= 0.6 is 0 Å². The minimum atomic E-state index is 0.0325. The van der Waals surface area contributed by atoms with E-state index in [1.165, 1.54) is 0 Å². The van der Waals surface area contributed by atoms with Crippen molar-refractivity contribution in [1.82, 2.24) is 14.9 Å². The Balaban J connectivity index is 1.95. The van der Waals surface area contributed by atoms with Gasteiger partial charge in [0.25, 0.3) is 5.91 Å². The molecule has 4 heteroatoms. The van der Waals surface area contributed by atoms with E-state index in [0.29, 0.717) is 12.1 Å². The molecule has 1 amide bonds. The number of hydrogen-bond donors (Lipinski definition) is 0. The lowest BCUT2D eigenvalue weighted by atomic mass is 10.1. The van der Waals surface area contributed by atoms with Gasteiger partial charge in [0.1, 0.15) is 0 Å². The number of aromatic nitrogens is 2. The molecule has 0 aliphatic heterocycles. The first-order chi connectivity index (χ1) is 12.5. The molecule has 0 aliphatic carbocycles. The first-order valence-corrected chi connectivity index (χ1v) is 9.09. The highest BCUT2D eigenvalue weighted by molar-refractivity contribution is 5.97. The number of hydrogen-bond acceptors (Lipinski definition) is 3. The van der Waals surface area contributed by atoms with Gasteiger partial charge in [-0.25, -0.2) is 9.97 Å². The van der Waals surface area contributed by atoms with E-state index in [1.807, 2.05) is 55.1 Å². The van der Waals surface area contributed by atoms with Crippen LogP contribution in [0.5, 0.6) is 0 Å². The number of rotatable bonds is 5. The summed E-state index contributed by atoms with van der Waals surface area (Å²) < 4.78 is 0. The van der Waals surface area contributed by atoms with Crippen molar-refractivity contribution in [3.05, 3.63) is 71.0 Å². The molecule has 4 nitrogen and oxygen atoms in total. The van der Waals surface area contributed by atoms with Crippen LogP contribution in [-0.4, -0.2) is 26.8 Å². The second-order valence-corrected chi connectivity index (χ2v) is 6.77. The van der Waals surface area contributed by atoms with Crippen LogP contribution in [0, 0.1) is 13.8 Å². The molecule has 0 aliphatic rings. The molecule has 3 aromatic rings. The summed E-state index contributed by atoms with van der Waals surface area (Å²) >= 11 is 0. The molecule has 0 fully saturated rings. The van der Waals surface area contributed by atoms with Crippen molar-refractivity contribution in [3.63, 3.8) is 0 Å². The second kappa shape index (κ2) is 7.65. The Morgan fingerprint density at radius 2 is 1.65 bits per heavy atom. The van der Waals surface area contributed by atoms with Crippen LogP contribution in [0.3, 0.4) is 0 Å². The lowest BCUT2D eigenvalue weighted by Crippen LogP contribution is -2.37. The van der Waals surface area contributed by atoms with Gasteiger partial charge < -0.3 is 4.90 Å². The zero-order chi connectivity index (χ0) is 18.7. The topological polar surface area (TPSA) is 46.1 Å². The van der Waals surface area contributed by atoms with Crippen LogP contribution in [0.4, 0.5) is 0 Å². The van der Waals surface area contributed by atoms with Crippen molar-refractivity contribution in [2.45, 2.75) is 46.7 Å². The van der Waals surface area contributed by atoms with Gasteiger partial charge in [0.2, 0.25) is 0 Å². The lowest BCUT2D eigenvalue weighted by Gasteiger charge is -2.29. The Morgan fingerprint density at radius 1 is 1.00 bits per heavy atom. The monoisotopic (exact) mass is 347 g/mol. The maximum absolute atomic E-state index is 13.2. The van der Waals surface area contributed by atoms with E-state index in [4.69, 9.17) is 0 Å². The summed E-state index contributed by atoms with van der Waals surface area (Å²) in [4.78, 5) is 24.3. The third kappa shape index (κ3) is 3.74. The number of nitrogens with zero attached hydrogens (tertiary/aromatic N) is 3. The van der Waals surface area contributed by atoms with Gasteiger partial charge in [0, 0.05) is 18.2 Å². The quantitative estimate of drug-likeness (QED) is 0.673. The molecule has 26 heavy (non-hydrogen) atoms. The van der Waals surface area contributed by atoms with E-state index < -0.39 is 0 Å². The summed E-state index contributed by atoms with van der Waals surface area (Å²) in [7, 11) is 0. The number of carbonyl (C=O) groups excluding carboxylic acids is 1. The predicted molar refractivity (Wildman–Crippen MR) is 105 cm³/mol. The fraction of sp³-hybridized carbons (Fsp3) is 0.318. The van der Waals surface area contributed by atoms with Crippen molar-refractivity contribution >= 4 is 16.9 Å². The normalized spacial score (nSPS) is 12.2. The van der Waals surface area contributed by atoms with Crippen LogP contribution in [0.15, 0.2) is 48.5 Å². The van der Waals surface area contributed by atoms with Gasteiger partial charge in [0.15, 0.2) is 0 Å². The highest BCUT2D eigenvalue weighted by Crippen LogP contribution is 2.19. The van der Waals surface area contributed by atoms with Gasteiger partial charge in [-0.05, 0) is 51.0 Å². The number of fused-ring (bicyclic) bond motifs is 1. The molecule has 0 N–H and O–H groups in total. The van der Waals surface area contributed by atoms with Crippen LogP contribution < -0.4 is 0 Å². The fourth-order valence-corrected chi connectivity index (χ4v) is 2.96. The third-order valence-electron chi connectivity index (χ3n) is 4.90. The zero-order valence-corrected chi connectivity index (χ0v) is 15.9. The molecule has 0 radical (unpaired) electrons. The molecule has 1 unspecified atom stereocenters. The van der Waals surface area contributed by atoms with E-state index in [0.717, 1.165) is 34.4 Å². The molecule has 2 aromatic carbocycles. The summed E-state index contributed by atoms with van der Waals surface area (Å²) in [6.07, 6.45) is 0.907. The molecule has 1 aromatic heterocycles. The maximum Gasteiger partial charge on any atom is 0.254 e. The van der Waals surface area contributed by atoms with Gasteiger partial charge in [-0.2, -0.15) is 0 Å². The van der Waals surface area contributed by atoms with Crippen molar-refractivity contribution in [3.8, 4) is 0 Å². The Bertz CT molecular complexity index is 921. The molecule has 1 atom stereocenters. The molecule has 134 valence electrons. The van der Waals surface area contributed by atoms with Crippen molar-refractivity contribution in [2.24, 2.45) is 0 Å². The van der Waals surface area contributed by atoms with E-state index in [-0.39, 0.29) is 11.9 Å². The largest absolute Gasteiger partial charge is 0.332 e. The van der Waals surface area contributed by atoms with Crippen molar-refractivity contribution in [2.75, 3.05) is 0 Å². The summed E-state index contributed by atoms with van der Waals surface area (Å²) in [6, 6.07) is 15.9. The molecule has 0 saturated heterocycles. The highest BCUT2D eigenvalue weighted by Gasteiger charge is 2.21. The molecule has 1 heterocycles. The molecule has 0 saturated carbocycles. The van der Waals surface area contributed by atoms with E-state index in [2.05, 4.69) is 35.9 Å². The smallest absolute Gasteiger partial charge is 0.254 e. The number of amides is 1. The summed E-state index contributed by atoms with van der Waals surface area (Å²) in [5, 5.41) is 0. The van der Waals surface area contributed by atoms with Crippen LogP contribution in [-0.2, 0) is 6.54 Å². The van der Waals surface area contributed by atoms with Crippen LogP contribution in [0.1, 0.15) is 47.6 Å². The molecular weight excluding hydrogens is 322 g/mol. The molecular formula is C22H25N3O. The first-order valence-electron chi connectivity index (χ1n) is 9.09. The van der Waals surface area contributed by atoms with Crippen molar-refractivity contribution in [1.29, 1.82) is 0 Å². The average molecular weight is 347 g/mol. The second-order valence-electron chi connectivity index (χ2n) is 6.77. The van der Waals surface area contributed by atoms with E-state index in [9.17, 15) is 4.79 Å². The predicted octanol–water partition coefficient (Wildman–Crippen LogP) is 4.69. The van der Waals surface area contributed by atoms with Gasteiger partial charge in [-0.15, -0.1) is 0 Å². The summed E-state index contributed by atoms with van der Waals surface area (Å²) in [6.45, 7) is 8.69. The molecule has 3 rings (SSSR count). The van der Waals surface area contributed by atoms with Gasteiger partial charge in [-0.1, -0.05) is 37.3 Å². The summed E-state index contributed by atoms with van der Waals surface area (Å²) in [5.74, 6) is 0.0325. The first kappa shape index (κ1) is 18.1. The zero-order valence-electron chi connectivity index (χ0n) is 15.9. The molecule has 0 bridgehead atoms. The SMILES string of the molecule is CCC(C)N(Cc1ccccc1)C(=O)c1ccc2nc(C)c(C)nc2c1. The van der Waals surface area contributed by atoms with Gasteiger partial charge in [0.05, 0.1) is 22.4 Å². The minimum Gasteiger partial charge on any atom is -0.332 e. The fourth-order valence-electron chi connectivity index (χ4n) is 2.96. The van der Waals surface area contributed by atoms with E-state index in [1.54, 1.807) is 0 Å². The Labute approximate surface area is 154 Å². The van der Waals surface area contributed by atoms with Gasteiger partial charge in [-0.3, -0.25) is 4.79 Å². The summed E-state index contributed by atoms with van der Waals surface area (Å²) in [5.41, 5.74) is 5.19. The Morgan fingerprint density at radius 3 is 2.31 bits per heavy atom.